The van der Waals surface area contributed by atoms with Crippen LogP contribution < -0.4 is 0 Å². The van der Waals surface area contributed by atoms with Crippen molar-refractivity contribution in [3.63, 3.8) is 0 Å². The highest BCUT2D eigenvalue weighted by molar-refractivity contribution is 8.00. The summed E-state index contributed by atoms with van der Waals surface area (Å²) >= 11 is 1.45. The zero-order valence-corrected chi connectivity index (χ0v) is 6.93. The van der Waals surface area contributed by atoms with E-state index in [1.165, 1.54) is 17.3 Å². The van der Waals surface area contributed by atoms with Crippen LogP contribution in [0.5, 0.6) is 0 Å². The molecule has 0 saturated carbocycles. The molecule has 11 heavy (non-hydrogen) atoms. The molecule has 0 bridgehead atoms. The average molecular weight is 170 g/mol. The Kier molecular flexibility index (Phi) is 3.23. The molecule has 1 aliphatic rings. The van der Waals surface area contributed by atoms with Crippen molar-refractivity contribution in [2.24, 2.45) is 0 Å². The van der Waals surface area contributed by atoms with Crippen LogP contribution in [0.1, 0.15) is 6.42 Å². The van der Waals surface area contributed by atoms with Crippen LogP contribution in [0, 0.1) is 0 Å². The zero-order chi connectivity index (χ0) is 8.10. The van der Waals surface area contributed by atoms with Crippen molar-refractivity contribution >= 4 is 17.7 Å². The first-order chi connectivity index (χ1) is 5.29. The molecule has 0 amide bonds. The third-order valence-corrected chi connectivity index (χ3v) is 2.39. The van der Waals surface area contributed by atoms with Gasteiger partial charge in [-0.1, -0.05) is 23.8 Å². The first-order valence-corrected chi connectivity index (χ1v) is 4.58. The topological polar surface area (TPSA) is 37.3 Å². The van der Waals surface area contributed by atoms with Gasteiger partial charge in [0.2, 0.25) is 0 Å². The van der Waals surface area contributed by atoms with Crippen molar-refractivity contribution in [1.82, 2.24) is 0 Å². The molecule has 0 fully saturated rings. The normalized spacial score (nSPS) is 15.1. The zero-order valence-electron chi connectivity index (χ0n) is 6.12. The third-order valence-electron chi connectivity index (χ3n) is 1.36. The minimum Gasteiger partial charge on any atom is -0.481 e. The smallest absolute Gasteiger partial charge is 0.313 e. The molecular weight excluding hydrogens is 160 g/mol. The van der Waals surface area contributed by atoms with Crippen LogP contribution >= 0.6 is 11.8 Å². The van der Waals surface area contributed by atoms with E-state index in [1.807, 2.05) is 6.08 Å². The fourth-order valence-electron chi connectivity index (χ4n) is 0.868. The minimum atomic E-state index is -0.735. The Hall–Kier alpha value is -0.700. The molecule has 60 valence electrons. The lowest BCUT2D eigenvalue weighted by Gasteiger charge is -1.97. The van der Waals surface area contributed by atoms with Gasteiger partial charge in [-0.25, -0.2) is 0 Å². The molecule has 0 unspecified atom stereocenters. The summed E-state index contributed by atoms with van der Waals surface area (Å²) in [4.78, 5) is 10.1. The van der Waals surface area contributed by atoms with E-state index in [-0.39, 0.29) is 5.75 Å². The highest BCUT2D eigenvalue weighted by Gasteiger charge is 2.01. The summed E-state index contributed by atoms with van der Waals surface area (Å²) in [6.45, 7) is 0. The number of hydrogen-bond donors (Lipinski definition) is 1. The number of carboxylic acid groups (broad SMARTS) is 1. The second-order valence-electron chi connectivity index (χ2n) is 2.34. The number of aliphatic carboxylic acids is 1. The summed E-state index contributed by atoms with van der Waals surface area (Å²) in [5.41, 5.74) is 1.32. The summed E-state index contributed by atoms with van der Waals surface area (Å²) in [6.07, 6.45) is 7.13. The highest BCUT2D eigenvalue weighted by Crippen LogP contribution is 2.15. The molecule has 0 saturated heterocycles. The Balaban J connectivity index is 2.09. The van der Waals surface area contributed by atoms with E-state index < -0.39 is 5.97 Å². The average Bonchev–Trinajstić information content (AvgIpc) is 2.39. The Morgan fingerprint density at radius 2 is 2.55 bits per heavy atom. The maximum absolute atomic E-state index is 10.1. The molecule has 1 rings (SSSR count). The standard InChI is InChI=1S/C8H10O2S/c9-8(10)6-11-5-7-3-1-2-4-7/h1-3H,4-6H2,(H,9,10). The van der Waals surface area contributed by atoms with Gasteiger partial charge in [0, 0.05) is 5.75 Å². The number of allylic oxidation sites excluding steroid dienone is 3. The van der Waals surface area contributed by atoms with Gasteiger partial charge in [0.05, 0.1) is 5.75 Å². The number of hydrogen-bond acceptors (Lipinski definition) is 2. The van der Waals surface area contributed by atoms with Crippen molar-refractivity contribution in [3.05, 3.63) is 23.8 Å². The summed E-state index contributed by atoms with van der Waals surface area (Å²) < 4.78 is 0. The van der Waals surface area contributed by atoms with Crippen LogP contribution in [0.4, 0.5) is 0 Å². The highest BCUT2D eigenvalue weighted by atomic mass is 32.2. The van der Waals surface area contributed by atoms with E-state index in [2.05, 4.69) is 12.2 Å². The van der Waals surface area contributed by atoms with Crippen molar-refractivity contribution in [2.45, 2.75) is 6.42 Å². The van der Waals surface area contributed by atoms with Crippen molar-refractivity contribution < 1.29 is 9.90 Å². The molecule has 1 aliphatic carbocycles. The Bertz CT molecular complexity index is 206. The van der Waals surface area contributed by atoms with Crippen LogP contribution in [0.15, 0.2) is 23.8 Å². The lowest BCUT2D eigenvalue weighted by molar-refractivity contribution is -0.133. The largest absolute Gasteiger partial charge is 0.481 e. The lowest BCUT2D eigenvalue weighted by Crippen LogP contribution is -1.99. The van der Waals surface area contributed by atoms with Gasteiger partial charge >= 0.3 is 5.97 Å². The summed E-state index contributed by atoms with van der Waals surface area (Å²) in [5, 5.41) is 8.33. The van der Waals surface area contributed by atoms with Gasteiger partial charge in [-0.05, 0) is 6.42 Å². The molecule has 2 nitrogen and oxygen atoms in total. The van der Waals surface area contributed by atoms with E-state index in [0.717, 1.165) is 12.2 Å². The summed E-state index contributed by atoms with van der Waals surface area (Å²) in [5.74, 6) is 0.318. The maximum atomic E-state index is 10.1. The molecular formula is C8H10O2S. The predicted octanol–water partition coefficient (Wildman–Crippen LogP) is 1.69. The fraction of sp³-hybridized carbons (Fsp3) is 0.375. The SMILES string of the molecule is O=C(O)CSCC1=CC=CC1. The van der Waals surface area contributed by atoms with Crippen molar-refractivity contribution in [2.75, 3.05) is 11.5 Å². The van der Waals surface area contributed by atoms with Gasteiger partial charge in [-0.3, -0.25) is 4.79 Å². The van der Waals surface area contributed by atoms with E-state index in [9.17, 15) is 4.79 Å². The molecule has 0 aromatic rings. The van der Waals surface area contributed by atoms with E-state index in [0.29, 0.717) is 0 Å². The van der Waals surface area contributed by atoms with Crippen LogP contribution in [0.25, 0.3) is 0 Å². The van der Waals surface area contributed by atoms with E-state index in [1.54, 1.807) is 0 Å². The number of carbonyl (C=O) groups is 1. The number of rotatable bonds is 4. The van der Waals surface area contributed by atoms with Gasteiger partial charge in [-0.2, -0.15) is 0 Å². The molecule has 0 aromatic heterocycles. The van der Waals surface area contributed by atoms with Crippen LogP contribution in [-0.4, -0.2) is 22.6 Å². The molecule has 1 N–H and O–H groups in total. The Morgan fingerprint density at radius 1 is 1.73 bits per heavy atom. The second kappa shape index (κ2) is 4.23. The Labute approximate surface area is 70.0 Å². The molecule has 0 atom stereocenters. The monoisotopic (exact) mass is 170 g/mol. The first kappa shape index (κ1) is 8.40. The van der Waals surface area contributed by atoms with Gasteiger partial charge < -0.3 is 5.11 Å². The van der Waals surface area contributed by atoms with Gasteiger partial charge in [-0.15, -0.1) is 11.8 Å². The van der Waals surface area contributed by atoms with Crippen molar-refractivity contribution in [1.29, 1.82) is 0 Å². The van der Waals surface area contributed by atoms with Crippen LogP contribution in [0.3, 0.4) is 0 Å². The molecule has 0 aliphatic heterocycles. The third kappa shape index (κ3) is 3.28. The number of thioether (sulfide) groups is 1. The maximum Gasteiger partial charge on any atom is 0.313 e. The first-order valence-electron chi connectivity index (χ1n) is 3.43. The molecule has 0 aromatic carbocycles. The summed E-state index contributed by atoms with van der Waals surface area (Å²) in [7, 11) is 0. The van der Waals surface area contributed by atoms with Gasteiger partial charge in [0.15, 0.2) is 0 Å². The van der Waals surface area contributed by atoms with Crippen molar-refractivity contribution in [3.8, 4) is 0 Å². The van der Waals surface area contributed by atoms with Gasteiger partial charge in [0.25, 0.3) is 0 Å². The van der Waals surface area contributed by atoms with Crippen LogP contribution in [0.2, 0.25) is 0 Å². The van der Waals surface area contributed by atoms with Crippen LogP contribution in [-0.2, 0) is 4.79 Å². The molecule has 0 radical (unpaired) electrons. The summed E-state index contributed by atoms with van der Waals surface area (Å²) in [6, 6.07) is 0. The molecule has 3 heteroatoms. The Morgan fingerprint density at radius 3 is 3.09 bits per heavy atom. The quantitative estimate of drug-likeness (QED) is 0.697. The van der Waals surface area contributed by atoms with E-state index >= 15 is 0 Å². The number of carboxylic acids is 1. The lowest BCUT2D eigenvalue weighted by atomic mass is 10.3. The fourth-order valence-corrected chi connectivity index (χ4v) is 1.62. The molecule has 0 spiro atoms. The minimum absolute atomic E-state index is 0.206. The predicted molar refractivity (Wildman–Crippen MR) is 46.8 cm³/mol. The second-order valence-corrected chi connectivity index (χ2v) is 3.33. The molecule has 0 heterocycles. The van der Waals surface area contributed by atoms with E-state index in [4.69, 9.17) is 5.11 Å². The van der Waals surface area contributed by atoms with Gasteiger partial charge in [0.1, 0.15) is 0 Å².